The van der Waals surface area contributed by atoms with Gasteiger partial charge in [0.1, 0.15) is 5.75 Å². The van der Waals surface area contributed by atoms with Crippen LogP contribution in [-0.4, -0.2) is 23.5 Å². The number of furan rings is 1. The normalized spacial score (nSPS) is 10.2. The first kappa shape index (κ1) is 17.4. The van der Waals surface area contributed by atoms with Crippen LogP contribution in [0.1, 0.15) is 10.6 Å². The van der Waals surface area contributed by atoms with Gasteiger partial charge in [-0.15, -0.1) is 0 Å². The summed E-state index contributed by atoms with van der Waals surface area (Å²) in [6.45, 7) is -0.208. The molecule has 3 N–H and O–H groups in total. The molecule has 2 amide bonds. The van der Waals surface area contributed by atoms with Crippen molar-refractivity contribution in [3.05, 3.63) is 66.6 Å². The quantitative estimate of drug-likeness (QED) is 0.482. The van der Waals surface area contributed by atoms with Gasteiger partial charge >= 0.3 is 0 Å². The predicted octanol–water partition coefficient (Wildman–Crippen LogP) is 2.15. The summed E-state index contributed by atoms with van der Waals surface area (Å²) < 4.78 is 10.4. The average molecular weight is 369 g/mol. The second kappa shape index (κ2) is 8.13. The van der Waals surface area contributed by atoms with Crippen LogP contribution in [0.4, 0.5) is 0 Å². The zero-order chi connectivity index (χ0) is 18.4. The standard InChI is InChI=1S/C18H15N3O4S/c22-16(20-21-18(26)19-17(23)15-6-3-9-24-15)11-25-14-8-7-12-4-1-2-5-13(12)10-14/h1-10H,11H2,(H,20,22)(H2,19,21,23,26). The lowest BCUT2D eigenvalue weighted by Crippen LogP contribution is -2.49. The number of amides is 2. The Labute approximate surface area is 154 Å². The molecule has 0 spiro atoms. The van der Waals surface area contributed by atoms with Crippen molar-refractivity contribution < 1.29 is 18.7 Å². The third-order valence-corrected chi connectivity index (χ3v) is 3.58. The largest absolute Gasteiger partial charge is 0.484 e. The van der Waals surface area contributed by atoms with Crippen molar-refractivity contribution in [3.8, 4) is 5.75 Å². The molecule has 132 valence electrons. The van der Waals surface area contributed by atoms with Crippen LogP contribution in [0.5, 0.6) is 5.75 Å². The number of carbonyl (C=O) groups is 2. The fourth-order valence-electron chi connectivity index (χ4n) is 2.17. The highest BCUT2D eigenvalue weighted by atomic mass is 32.1. The molecule has 0 aliphatic carbocycles. The number of carbonyl (C=O) groups excluding carboxylic acids is 2. The lowest BCUT2D eigenvalue weighted by atomic mass is 10.1. The van der Waals surface area contributed by atoms with E-state index in [1.165, 1.54) is 12.3 Å². The summed E-state index contributed by atoms with van der Waals surface area (Å²) in [4.78, 5) is 23.5. The van der Waals surface area contributed by atoms with Gasteiger partial charge in [-0.2, -0.15) is 0 Å². The number of fused-ring (bicyclic) bond motifs is 1. The first-order valence-corrected chi connectivity index (χ1v) is 8.08. The van der Waals surface area contributed by atoms with Crippen LogP contribution in [-0.2, 0) is 4.79 Å². The van der Waals surface area contributed by atoms with Crippen molar-refractivity contribution in [2.75, 3.05) is 6.61 Å². The summed E-state index contributed by atoms with van der Waals surface area (Å²) in [5, 5.41) is 4.40. The minimum Gasteiger partial charge on any atom is -0.484 e. The molecular formula is C18H15N3O4S. The Kier molecular flexibility index (Phi) is 5.45. The summed E-state index contributed by atoms with van der Waals surface area (Å²) in [6.07, 6.45) is 1.37. The highest BCUT2D eigenvalue weighted by Crippen LogP contribution is 2.20. The highest BCUT2D eigenvalue weighted by Gasteiger charge is 2.11. The van der Waals surface area contributed by atoms with Gasteiger partial charge in [-0.1, -0.05) is 30.3 Å². The Morgan fingerprint density at radius 2 is 1.81 bits per heavy atom. The van der Waals surface area contributed by atoms with Crippen molar-refractivity contribution in [3.63, 3.8) is 0 Å². The van der Waals surface area contributed by atoms with Gasteiger partial charge in [0, 0.05) is 0 Å². The number of hydrogen-bond acceptors (Lipinski definition) is 5. The van der Waals surface area contributed by atoms with Crippen molar-refractivity contribution >= 4 is 39.9 Å². The molecule has 7 nitrogen and oxygen atoms in total. The minimum absolute atomic E-state index is 0.0644. The molecule has 0 bridgehead atoms. The predicted molar refractivity (Wildman–Crippen MR) is 99.5 cm³/mol. The summed E-state index contributed by atoms with van der Waals surface area (Å²) >= 11 is 4.91. The third kappa shape index (κ3) is 4.58. The van der Waals surface area contributed by atoms with Crippen molar-refractivity contribution in [2.45, 2.75) is 0 Å². The summed E-state index contributed by atoms with van der Waals surface area (Å²) in [7, 11) is 0. The number of hydrogen-bond donors (Lipinski definition) is 3. The molecule has 1 aromatic heterocycles. The maximum atomic E-state index is 11.8. The molecule has 3 aromatic rings. The van der Waals surface area contributed by atoms with E-state index >= 15 is 0 Å². The number of benzene rings is 2. The van der Waals surface area contributed by atoms with Crippen molar-refractivity contribution in [1.82, 2.24) is 16.2 Å². The van der Waals surface area contributed by atoms with Gasteiger partial charge in [0.2, 0.25) is 0 Å². The van der Waals surface area contributed by atoms with E-state index < -0.39 is 11.8 Å². The van der Waals surface area contributed by atoms with Crippen LogP contribution < -0.4 is 20.9 Å². The first-order chi connectivity index (χ1) is 12.6. The summed E-state index contributed by atoms with van der Waals surface area (Å²) in [5.74, 6) is -0.283. The monoisotopic (exact) mass is 369 g/mol. The molecule has 2 aromatic carbocycles. The van der Waals surface area contributed by atoms with E-state index in [1.54, 1.807) is 12.1 Å². The molecule has 0 unspecified atom stereocenters. The zero-order valence-electron chi connectivity index (χ0n) is 13.5. The maximum absolute atomic E-state index is 11.8. The Morgan fingerprint density at radius 1 is 1.00 bits per heavy atom. The second-order valence-electron chi connectivity index (χ2n) is 5.23. The van der Waals surface area contributed by atoms with E-state index in [2.05, 4.69) is 16.2 Å². The molecule has 0 aliphatic rings. The van der Waals surface area contributed by atoms with E-state index in [0.717, 1.165) is 10.8 Å². The SMILES string of the molecule is O=C(COc1ccc2ccccc2c1)NNC(=S)NC(=O)c1ccco1. The van der Waals surface area contributed by atoms with Crippen LogP contribution in [0, 0.1) is 0 Å². The summed E-state index contributed by atoms with van der Waals surface area (Å²) in [6, 6.07) is 16.5. The maximum Gasteiger partial charge on any atom is 0.293 e. The molecule has 0 saturated carbocycles. The van der Waals surface area contributed by atoms with E-state index in [0.29, 0.717) is 5.75 Å². The van der Waals surface area contributed by atoms with Crippen LogP contribution >= 0.6 is 12.2 Å². The molecule has 0 atom stereocenters. The average Bonchev–Trinajstić information content (AvgIpc) is 3.19. The first-order valence-electron chi connectivity index (χ1n) is 7.67. The number of hydrazine groups is 1. The topological polar surface area (TPSA) is 92.6 Å². The van der Waals surface area contributed by atoms with Gasteiger partial charge in [0.25, 0.3) is 11.8 Å². The molecular weight excluding hydrogens is 354 g/mol. The molecule has 0 radical (unpaired) electrons. The van der Waals surface area contributed by atoms with E-state index in [4.69, 9.17) is 21.4 Å². The highest BCUT2D eigenvalue weighted by molar-refractivity contribution is 7.80. The second-order valence-corrected chi connectivity index (χ2v) is 5.64. The molecule has 8 heteroatoms. The van der Waals surface area contributed by atoms with Crippen LogP contribution in [0.3, 0.4) is 0 Å². The Bertz CT molecular complexity index is 941. The Morgan fingerprint density at radius 3 is 2.58 bits per heavy atom. The Hall–Kier alpha value is -3.39. The smallest absolute Gasteiger partial charge is 0.293 e. The summed E-state index contributed by atoms with van der Waals surface area (Å²) in [5.41, 5.74) is 4.76. The van der Waals surface area contributed by atoms with Gasteiger partial charge in [-0.05, 0) is 47.3 Å². The Balaban J connectivity index is 1.43. The number of nitrogens with one attached hydrogen (secondary N) is 3. The molecule has 26 heavy (non-hydrogen) atoms. The molecule has 1 heterocycles. The molecule has 0 saturated heterocycles. The molecule has 3 rings (SSSR count). The number of thiocarbonyl (C=S) groups is 1. The minimum atomic E-state index is -0.519. The van der Waals surface area contributed by atoms with Crippen LogP contribution in [0.25, 0.3) is 10.8 Å². The lowest BCUT2D eigenvalue weighted by Gasteiger charge is -2.11. The van der Waals surface area contributed by atoms with Gasteiger partial charge in [-0.25, -0.2) is 0 Å². The van der Waals surface area contributed by atoms with Crippen LogP contribution in [0.15, 0.2) is 65.3 Å². The van der Waals surface area contributed by atoms with E-state index in [-0.39, 0.29) is 17.5 Å². The van der Waals surface area contributed by atoms with Gasteiger partial charge in [0.15, 0.2) is 17.5 Å². The lowest BCUT2D eigenvalue weighted by molar-refractivity contribution is -0.123. The van der Waals surface area contributed by atoms with Crippen molar-refractivity contribution in [2.24, 2.45) is 0 Å². The van der Waals surface area contributed by atoms with E-state index in [9.17, 15) is 9.59 Å². The van der Waals surface area contributed by atoms with Crippen LogP contribution in [0.2, 0.25) is 0 Å². The van der Waals surface area contributed by atoms with Gasteiger partial charge in [0.05, 0.1) is 6.26 Å². The number of ether oxygens (including phenoxy) is 1. The van der Waals surface area contributed by atoms with Gasteiger partial charge < -0.3 is 9.15 Å². The van der Waals surface area contributed by atoms with Crippen molar-refractivity contribution in [1.29, 1.82) is 0 Å². The van der Waals surface area contributed by atoms with Gasteiger partial charge in [-0.3, -0.25) is 25.8 Å². The fraction of sp³-hybridized carbons (Fsp3) is 0.0556. The third-order valence-electron chi connectivity index (χ3n) is 3.38. The fourth-order valence-corrected chi connectivity index (χ4v) is 2.32. The molecule has 0 aliphatic heterocycles. The molecule has 0 fully saturated rings. The number of rotatable bonds is 4. The zero-order valence-corrected chi connectivity index (χ0v) is 14.3. The van der Waals surface area contributed by atoms with E-state index in [1.807, 2.05) is 36.4 Å².